The molecule has 0 unspecified atom stereocenters. The van der Waals surface area contributed by atoms with Gasteiger partial charge in [-0.25, -0.2) is 0 Å². The van der Waals surface area contributed by atoms with Crippen LogP contribution in [0.25, 0.3) is 0 Å². The SMILES string of the molecule is NC(=O)c1ccccn1.NC(=O)c1cccnc1.NC(=O)c1ccncc1. The quantitative estimate of drug-likeness (QED) is 0.611. The van der Waals surface area contributed by atoms with Crippen LogP contribution in [0.2, 0.25) is 0 Å². The number of carbonyl (C=O) groups excluding carboxylic acids is 3. The van der Waals surface area contributed by atoms with Gasteiger partial charge in [0.1, 0.15) is 5.69 Å². The highest BCUT2D eigenvalue weighted by Crippen LogP contribution is 1.92. The smallest absolute Gasteiger partial charge is 0.267 e. The zero-order chi connectivity index (χ0) is 20.1. The van der Waals surface area contributed by atoms with Crippen molar-refractivity contribution in [3.63, 3.8) is 0 Å². The normalized spacial score (nSPS) is 8.89. The Morgan fingerprint density at radius 2 is 1.30 bits per heavy atom. The van der Waals surface area contributed by atoms with Gasteiger partial charge in [0, 0.05) is 36.5 Å². The number of nitrogens with zero attached hydrogens (tertiary/aromatic N) is 3. The molecule has 3 heterocycles. The van der Waals surface area contributed by atoms with Crippen LogP contribution in [0.1, 0.15) is 31.2 Å². The summed E-state index contributed by atoms with van der Waals surface area (Å²) in [6.45, 7) is 0. The first-order valence-electron chi connectivity index (χ1n) is 7.52. The van der Waals surface area contributed by atoms with Crippen molar-refractivity contribution in [1.29, 1.82) is 0 Å². The molecule has 3 aromatic heterocycles. The molecule has 0 atom stereocenters. The number of carbonyl (C=O) groups is 3. The molecule has 0 saturated carbocycles. The van der Waals surface area contributed by atoms with Gasteiger partial charge in [-0.3, -0.25) is 29.3 Å². The third-order valence-corrected chi connectivity index (χ3v) is 2.83. The van der Waals surface area contributed by atoms with E-state index in [1.54, 1.807) is 48.7 Å². The Labute approximate surface area is 155 Å². The van der Waals surface area contributed by atoms with Gasteiger partial charge in [-0.1, -0.05) is 6.07 Å². The summed E-state index contributed by atoms with van der Waals surface area (Å²) in [5.41, 5.74) is 16.0. The highest BCUT2D eigenvalue weighted by molar-refractivity contribution is 5.92. The fraction of sp³-hybridized carbons (Fsp3) is 0. The minimum Gasteiger partial charge on any atom is -0.366 e. The van der Waals surface area contributed by atoms with E-state index in [1.807, 2.05) is 0 Å². The first kappa shape index (κ1) is 20.9. The van der Waals surface area contributed by atoms with Crippen molar-refractivity contribution < 1.29 is 14.4 Å². The van der Waals surface area contributed by atoms with Crippen LogP contribution >= 0.6 is 0 Å². The van der Waals surface area contributed by atoms with Gasteiger partial charge in [0.15, 0.2) is 0 Å². The van der Waals surface area contributed by atoms with Crippen LogP contribution in [-0.2, 0) is 0 Å². The molecule has 0 saturated heterocycles. The fourth-order valence-electron chi connectivity index (χ4n) is 1.53. The molecular weight excluding hydrogens is 348 g/mol. The molecule has 9 nitrogen and oxygen atoms in total. The molecule has 0 aliphatic rings. The first-order chi connectivity index (χ1) is 12.9. The third kappa shape index (κ3) is 8.49. The third-order valence-electron chi connectivity index (χ3n) is 2.83. The van der Waals surface area contributed by atoms with Crippen molar-refractivity contribution in [3.8, 4) is 0 Å². The van der Waals surface area contributed by atoms with Gasteiger partial charge in [0.05, 0.1) is 5.56 Å². The molecule has 0 aliphatic heterocycles. The Morgan fingerprint density at radius 1 is 0.630 bits per heavy atom. The van der Waals surface area contributed by atoms with Gasteiger partial charge in [0.25, 0.3) is 5.91 Å². The average Bonchev–Trinajstić information content (AvgIpc) is 2.71. The zero-order valence-electron chi connectivity index (χ0n) is 14.2. The maximum atomic E-state index is 10.4. The largest absolute Gasteiger partial charge is 0.366 e. The number of amides is 3. The summed E-state index contributed by atoms with van der Waals surface area (Å²) in [5, 5.41) is 0. The number of hydrogen-bond acceptors (Lipinski definition) is 6. The van der Waals surface area contributed by atoms with Gasteiger partial charge >= 0.3 is 0 Å². The van der Waals surface area contributed by atoms with Crippen LogP contribution in [-0.4, -0.2) is 32.7 Å². The van der Waals surface area contributed by atoms with Crippen molar-refractivity contribution in [2.75, 3.05) is 0 Å². The molecule has 3 aromatic rings. The van der Waals surface area contributed by atoms with Crippen LogP contribution < -0.4 is 17.2 Å². The monoisotopic (exact) mass is 366 g/mol. The molecular formula is C18H18N6O3. The number of primary amides is 3. The lowest BCUT2D eigenvalue weighted by atomic mass is 10.3. The van der Waals surface area contributed by atoms with Gasteiger partial charge in [0.2, 0.25) is 11.8 Å². The second kappa shape index (κ2) is 11.4. The molecule has 3 rings (SSSR count). The Hall–Kier alpha value is -4.14. The number of aromatic nitrogens is 3. The lowest BCUT2D eigenvalue weighted by Crippen LogP contribution is -2.12. The molecule has 0 spiro atoms. The lowest BCUT2D eigenvalue weighted by Gasteiger charge is -1.88. The average molecular weight is 366 g/mol. The van der Waals surface area contributed by atoms with E-state index < -0.39 is 17.7 Å². The maximum absolute atomic E-state index is 10.4. The molecule has 27 heavy (non-hydrogen) atoms. The Morgan fingerprint density at radius 3 is 1.63 bits per heavy atom. The highest BCUT2D eigenvalue weighted by Gasteiger charge is 1.96. The summed E-state index contributed by atoms with van der Waals surface area (Å²) >= 11 is 0. The Kier molecular flexibility index (Phi) is 8.84. The second-order valence-electron chi connectivity index (χ2n) is 4.79. The van der Waals surface area contributed by atoms with Crippen LogP contribution in [0.5, 0.6) is 0 Å². The fourth-order valence-corrected chi connectivity index (χ4v) is 1.53. The number of rotatable bonds is 3. The highest BCUT2D eigenvalue weighted by atomic mass is 16.2. The van der Waals surface area contributed by atoms with E-state index in [9.17, 15) is 14.4 Å². The standard InChI is InChI=1S/3C6H6N2O/c7-6(9)5-1-3-8-4-2-5;7-6(9)5-2-1-3-8-4-5;7-6(9)5-3-1-2-4-8-5/h3*1-4H,(H2,7,9). The van der Waals surface area contributed by atoms with E-state index in [4.69, 9.17) is 17.2 Å². The number of hydrogen-bond donors (Lipinski definition) is 3. The Balaban J connectivity index is 0.000000202. The number of pyridine rings is 3. The van der Waals surface area contributed by atoms with Gasteiger partial charge in [-0.2, -0.15) is 0 Å². The molecule has 0 bridgehead atoms. The topological polar surface area (TPSA) is 168 Å². The zero-order valence-corrected chi connectivity index (χ0v) is 14.2. The van der Waals surface area contributed by atoms with Gasteiger partial charge < -0.3 is 17.2 Å². The summed E-state index contributed by atoms with van der Waals surface area (Å²) in [5.74, 6) is -1.35. The maximum Gasteiger partial charge on any atom is 0.267 e. The minimum absolute atomic E-state index is 0.303. The van der Waals surface area contributed by atoms with Crippen LogP contribution in [0.4, 0.5) is 0 Å². The lowest BCUT2D eigenvalue weighted by molar-refractivity contribution is 0.0988. The van der Waals surface area contributed by atoms with E-state index in [-0.39, 0.29) is 0 Å². The van der Waals surface area contributed by atoms with Crippen LogP contribution in [0.15, 0.2) is 73.4 Å². The first-order valence-corrected chi connectivity index (χ1v) is 7.52. The van der Waals surface area contributed by atoms with Crippen molar-refractivity contribution in [2.24, 2.45) is 17.2 Å². The van der Waals surface area contributed by atoms with Crippen molar-refractivity contribution in [1.82, 2.24) is 15.0 Å². The van der Waals surface area contributed by atoms with E-state index in [0.29, 0.717) is 16.8 Å². The molecule has 0 aromatic carbocycles. The van der Waals surface area contributed by atoms with E-state index in [1.165, 1.54) is 24.8 Å². The molecule has 0 aliphatic carbocycles. The van der Waals surface area contributed by atoms with Crippen LogP contribution in [0.3, 0.4) is 0 Å². The van der Waals surface area contributed by atoms with Crippen molar-refractivity contribution >= 4 is 17.7 Å². The molecule has 6 N–H and O–H groups in total. The van der Waals surface area contributed by atoms with Gasteiger partial charge in [-0.15, -0.1) is 0 Å². The summed E-state index contributed by atoms with van der Waals surface area (Å²) in [6.07, 6.45) is 7.61. The predicted molar refractivity (Wildman–Crippen MR) is 98.3 cm³/mol. The van der Waals surface area contributed by atoms with Gasteiger partial charge in [-0.05, 0) is 36.4 Å². The predicted octanol–water partition coefficient (Wildman–Crippen LogP) is 0.542. The number of nitrogens with two attached hydrogens (primary N) is 3. The summed E-state index contributed by atoms with van der Waals surface area (Å²) in [7, 11) is 0. The summed E-state index contributed by atoms with van der Waals surface area (Å²) in [6, 6.07) is 11.4. The van der Waals surface area contributed by atoms with Crippen molar-refractivity contribution in [3.05, 3.63) is 90.3 Å². The van der Waals surface area contributed by atoms with E-state index >= 15 is 0 Å². The molecule has 0 fully saturated rings. The molecule has 138 valence electrons. The Bertz CT molecular complexity index is 740. The molecule has 9 heteroatoms. The van der Waals surface area contributed by atoms with E-state index in [0.717, 1.165) is 0 Å². The summed E-state index contributed by atoms with van der Waals surface area (Å²) < 4.78 is 0. The minimum atomic E-state index is -0.490. The molecule has 0 radical (unpaired) electrons. The van der Waals surface area contributed by atoms with E-state index in [2.05, 4.69) is 15.0 Å². The molecule has 3 amide bonds. The second-order valence-corrected chi connectivity index (χ2v) is 4.79. The summed E-state index contributed by atoms with van der Waals surface area (Å²) in [4.78, 5) is 42.3. The van der Waals surface area contributed by atoms with Crippen molar-refractivity contribution in [2.45, 2.75) is 0 Å². The van der Waals surface area contributed by atoms with Crippen LogP contribution in [0, 0.1) is 0 Å².